The maximum Gasteiger partial charge on any atom is 0.255 e. The summed E-state index contributed by atoms with van der Waals surface area (Å²) in [4.78, 5) is 19.4. The fourth-order valence-electron chi connectivity index (χ4n) is 4.08. The maximum absolute atomic E-state index is 13.2. The second-order valence-electron chi connectivity index (χ2n) is 7.13. The van der Waals surface area contributed by atoms with Crippen molar-refractivity contribution in [2.45, 2.75) is 58.7 Å². The highest BCUT2D eigenvalue weighted by molar-refractivity contribution is 5.94. The number of piperidine rings is 1. The predicted octanol–water partition coefficient (Wildman–Crippen LogP) is 3.05. The van der Waals surface area contributed by atoms with E-state index in [1.807, 2.05) is 24.0 Å². The van der Waals surface area contributed by atoms with E-state index in [0.29, 0.717) is 12.2 Å². The molecule has 0 aromatic carbocycles. The number of nitrogens with zero attached hydrogens (tertiary/aromatic N) is 4. The zero-order valence-electron chi connectivity index (χ0n) is 15.6. The zero-order chi connectivity index (χ0) is 18.1. The zero-order valence-corrected chi connectivity index (χ0v) is 15.6. The monoisotopic (exact) mass is 354 g/mol. The molecular weight excluding hydrogens is 328 g/mol. The number of aromatic nitrogens is 3. The van der Waals surface area contributed by atoms with Crippen LogP contribution in [0.3, 0.4) is 0 Å². The van der Waals surface area contributed by atoms with Crippen molar-refractivity contribution in [3.63, 3.8) is 0 Å². The van der Waals surface area contributed by atoms with Crippen LogP contribution in [0.4, 0.5) is 0 Å². The molecule has 0 aliphatic carbocycles. The molecule has 0 saturated carbocycles. The molecule has 26 heavy (non-hydrogen) atoms. The van der Waals surface area contributed by atoms with Gasteiger partial charge in [-0.05, 0) is 45.2 Å². The lowest BCUT2D eigenvalue weighted by molar-refractivity contribution is 0.0595. The molecule has 0 N–H and O–H groups in total. The van der Waals surface area contributed by atoms with Gasteiger partial charge in [-0.1, -0.05) is 0 Å². The van der Waals surface area contributed by atoms with Gasteiger partial charge >= 0.3 is 0 Å². The van der Waals surface area contributed by atoms with E-state index in [-0.39, 0.29) is 11.9 Å². The molecule has 1 saturated heterocycles. The smallest absolute Gasteiger partial charge is 0.255 e. The molecule has 4 rings (SSSR count). The number of aryl methyl sites for hydroxylation is 2. The minimum atomic E-state index is 0.0285. The van der Waals surface area contributed by atoms with Gasteiger partial charge in [0.1, 0.15) is 0 Å². The van der Waals surface area contributed by atoms with E-state index >= 15 is 0 Å². The molecule has 0 spiro atoms. The lowest BCUT2D eigenvalue weighted by Gasteiger charge is -2.35. The van der Waals surface area contributed by atoms with Crippen LogP contribution in [0.2, 0.25) is 0 Å². The molecule has 1 fully saturated rings. The predicted molar refractivity (Wildman–Crippen MR) is 97.9 cm³/mol. The van der Waals surface area contributed by atoms with Gasteiger partial charge in [0, 0.05) is 42.7 Å². The lowest BCUT2D eigenvalue weighted by Crippen LogP contribution is -2.39. The lowest BCUT2D eigenvalue weighted by atomic mass is 9.94. The van der Waals surface area contributed by atoms with Crippen LogP contribution in [0, 0.1) is 6.92 Å². The van der Waals surface area contributed by atoms with E-state index in [1.54, 1.807) is 6.20 Å². The number of carbonyl (C=O) groups is 1. The number of amides is 1. The van der Waals surface area contributed by atoms with Gasteiger partial charge in [0.05, 0.1) is 30.5 Å². The third kappa shape index (κ3) is 3.03. The molecule has 1 amide bonds. The largest absolute Gasteiger partial charge is 0.376 e. The Morgan fingerprint density at radius 3 is 3.00 bits per heavy atom. The summed E-state index contributed by atoms with van der Waals surface area (Å²) in [6.07, 6.45) is 5.70. The number of ether oxygens (including phenoxy) is 1. The first-order chi connectivity index (χ1) is 12.7. The summed E-state index contributed by atoms with van der Waals surface area (Å²) < 4.78 is 7.81. The van der Waals surface area contributed by atoms with Crippen LogP contribution in [-0.2, 0) is 24.3 Å². The Morgan fingerprint density at radius 2 is 2.23 bits per heavy atom. The van der Waals surface area contributed by atoms with Gasteiger partial charge in [-0.15, -0.1) is 0 Å². The average molecular weight is 354 g/mol. The van der Waals surface area contributed by atoms with E-state index in [9.17, 15) is 4.79 Å². The minimum absolute atomic E-state index is 0.0285. The Hall–Kier alpha value is -2.21. The van der Waals surface area contributed by atoms with Crippen LogP contribution in [0.25, 0.3) is 0 Å². The van der Waals surface area contributed by atoms with Crippen LogP contribution in [0.5, 0.6) is 0 Å². The molecule has 1 atom stereocenters. The molecular formula is C20H26N4O2. The molecule has 1 unspecified atom stereocenters. The van der Waals surface area contributed by atoms with Crippen molar-refractivity contribution < 1.29 is 9.53 Å². The molecule has 138 valence electrons. The Bertz CT molecular complexity index is 797. The second-order valence-corrected chi connectivity index (χ2v) is 7.13. The minimum Gasteiger partial charge on any atom is -0.376 e. The summed E-state index contributed by atoms with van der Waals surface area (Å²) in [5.74, 6) is 0.0544. The first-order valence-electron chi connectivity index (χ1n) is 9.59. The summed E-state index contributed by atoms with van der Waals surface area (Å²) >= 11 is 0. The molecule has 6 heteroatoms. The number of hydrogen-bond donors (Lipinski definition) is 0. The summed E-state index contributed by atoms with van der Waals surface area (Å²) in [5, 5.41) is 4.90. The normalized spacial score (nSPS) is 20.1. The average Bonchev–Trinajstić information content (AvgIpc) is 3.07. The molecule has 2 aromatic rings. The fraction of sp³-hybridized carbons (Fsp3) is 0.550. The summed E-state index contributed by atoms with van der Waals surface area (Å²) in [5.41, 5.74) is 5.09. The van der Waals surface area contributed by atoms with Crippen LogP contribution >= 0.6 is 0 Å². The van der Waals surface area contributed by atoms with E-state index in [1.165, 1.54) is 11.3 Å². The van der Waals surface area contributed by atoms with Gasteiger partial charge in [0.25, 0.3) is 5.91 Å². The van der Waals surface area contributed by atoms with Crippen molar-refractivity contribution in [2.75, 3.05) is 13.2 Å². The molecule has 0 bridgehead atoms. The van der Waals surface area contributed by atoms with Gasteiger partial charge in [-0.2, -0.15) is 5.10 Å². The summed E-state index contributed by atoms with van der Waals surface area (Å²) in [6.45, 7) is 7.03. The SMILES string of the molecule is CCn1nc(C2CCCCN2C(=O)c2ccc(C)nc2)c2c1CCOC2. The van der Waals surface area contributed by atoms with Crippen LogP contribution < -0.4 is 0 Å². The van der Waals surface area contributed by atoms with Gasteiger partial charge in [0.15, 0.2) is 0 Å². The van der Waals surface area contributed by atoms with Crippen molar-refractivity contribution >= 4 is 5.91 Å². The second kappa shape index (κ2) is 7.19. The topological polar surface area (TPSA) is 60.2 Å². The number of rotatable bonds is 3. The highest BCUT2D eigenvalue weighted by Crippen LogP contribution is 2.35. The standard InChI is InChI=1S/C20H26N4O2/c1-3-24-17-9-11-26-13-16(17)19(22-24)18-6-4-5-10-23(18)20(25)15-8-7-14(2)21-12-15/h7-8,12,18H,3-6,9-11,13H2,1-2H3. The summed E-state index contributed by atoms with van der Waals surface area (Å²) in [6, 6.07) is 3.80. The Morgan fingerprint density at radius 1 is 1.35 bits per heavy atom. The van der Waals surface area contributed by atoms with Crippen LogP contribution in [0.15, 0.2) is 18.3 Å². The van der Waals surface area contributed by atoms with Crippen molar-refractivity contribution in [1.82, 2.24) is 19.7 Å². The van der Waals surface area contributed by atoms with E-state index in [2.05, 4.69) is 16.6 Å². The van der Waals surface area contributed by atoms with Crippen molar-refractivity contribution in [3.8, 4) is 0 Å². The van der Waals surface area contributed by atoms with Gasteiger partial charge < -0.3 is 9.64 Å². The van der Waals surface area contributed by atoms with E-state index in [0.717, 1.165) is 56.8 Å². The maximum atomic E-state index is 13.2. The highest BCUT2D eigenvalue weighted by atomic mass is 16.5. The molecule has 2 aromatic heterocycles. The Balaban J connectivity index is 1.69. The molecule has 4 heterocycles. The molecule has 2 aliphatic heterocycles. The quantitative estimate of drug-likeness (QED) is 0.850. The van der Waals surface area contributed by atoms with Gasteiger partial charge in [-0.3, -0.25) is 14.5 Å². The third-order valence-electron chi connectivity index (χ3n) is 5.46. The molecule has 6 nitrogen and oxygen atoms in total. The number of carbonyl (C=O) groups excluding carboxylic acids is 1. The third-order valence-corrected chi connectivity index (χ3v) is 5.46. The van der Waals surface area contributed by atoms with Crippen molar-refractivity contribution in [3.05, 3.63) is 46.5 Å². The Labute approximate surface area is 154 Å². The fourth-order valence-corrected chi connectivity index (χ4v) is 4.08. The highest BCUT2D eigenvalue weighted by Gasteiger charge is 2.34. The van der Waals surface area contributed by atoms with Gasteiger partial charge in [0.2, 0.25) is 0 Å². The molecule has 2 aliphatic rings. The number of fused-ring (bicyclic) bond motifs is 1. The number of pyridine rings is 1. The van der Waals surface area contributed by atoms with Crippen molar-refractivity contribution in [2.24, 2.45) is 0 Å². The first-order valence-corrected chi connectivity index (χ1v) is 9.59. The Kier molecular flexibility index (Phi) is 4.76. The van der Waals surface area contributed by atoms with Crippen molar-refractivity contribution in [1.29, 1.82) is 0 Å². The van der Waals surface area contributed by atoms with Crippen LogP contribution in [0.1, 0.15) is 65.2 Å². The molecule has 0 radical (unpaired) electrons. The van der Waals surface area contributed by atoms with Crippen LogP contribution in [-0.4, -0.2) is 38.7 Å². The number of likely N-dealkylation sites (tertiary alicyclic amines) is 1. The summed E-state index contributed by atoms with van der Waals surface area (Å²) in [7, 11) is 0. The number of hydrogen-bond acceptors (Lipinski definition) is 4. The van der Waals surface area contributed by atoms with E-state index in [4.69, 9.17) is 9.84 Å². The van der Waals surface area contributed by atoms with E-state index < -0.39 is 0 Å². The van der Waals surface area contributed by atoms with Gasteiger partial charge in [-0.25, -0.2) is 0 Å². The first kappa shape index (κ1) is 17.2.